The summed E-state index contributed by atoms with van der Waals surface area (Å²) in [6, 6.07) is 13.1. The van der Waals surface area contributed by atoms with Crippen LogP contribution in [0.25, 0.3) is 11.3 Å². The summed E-state index contributed by atoms with van der Waals surface area (Å²) in [7, 11) is -3.59. The first kappa shape index (κ1) is 26.6. The molecule has 1 saturated heterocycles. The minimum atomic E-state index is -4.65. The third-order valence-corrected chi connectivity index (χ3v) is 9.36. The van der Waals surface area contributed by atoms with Gasteiger partial charge in [0, 0.05) is 29.9 Å². The van der Waals surface area contributed by atoms with Crippen LogP contribution >= 0.6 is 11.8 Å². The molecule has 5 rings (SSSR count). The van der Waals surface area contributed by atoms with E-state index in [-0.39, 0.29) is 33.5 Å². The molecule has 12 heteroatoms. The van der Waals surface area contributed by atoms with Crippen LogP contribution in [-0.2, 0) is 33.8 Å². The Morgan fingerprint density at radius 2 is 1.68 bits per heavy atom. The van der Waals surface area contributed by atoms with Crippen molar-refractivity contribution in [1.29, 1.82) is 0 Å². The lowest BCUT2D eigenvalue weighted by Gasteiger charge is -2.25. The molecule has 1 fully saturated rings. The molecule has 200 valence electrons. The molecule has 0 radical (unpaired) electrons. The van der Waals surface area contributed by atoms with E-state index in [1.807, 2.05) is 12.1 Å². The number of halogens is 3. The standard InChI is InChI=1S/C26H25F3N4O3S2/c27-26(28,29)24-21-13-8-17-6-2-3-7-20(17)23(21)31-25(32-24)37-16-22(34)30-18-9-11-19(12-10-18)38(35,36)33-14-4-1-5-15-33/h2-3,6-7,9-12H,1,4-5,8,13-16H2,(H,30,34). The Bertz CT molecular complexity index is 1460. The molecule has 1 aliphatic carbocycles. The van der Waals surface area contributed by atoms with Crippen LogP contribution in [-0.4, -0.2) is 47.4 Å². The molecule has 3 aromatic rings. The Labute approximate surface area is 222 Å². The summed E-state index contributed by atoms with van der Waals surface area (Å²) >= 11 is 0.815. The van der Waals surface area contributed by atoms with E-state index >= 15 is 0 Å². The molecule has 38 heavy (non-hydrogen) atoms. The topological polar surface area (TPSA) is 92.3 Å². The van der Waals surface area contributed by atoms with Crippen molar-refractivity contribution in [3.63, 3.8) is 0 Å². The molecule has 0 unspecified atom stereocenters. The second-order valence-corrected chi connectivity index (χ2v) is 12.0. The molecule has 1 aliphatic heterocycles. The van der Waals surface area contributed by atoms with Crippen molar-refractivity contribution < 1.29 is 26.4 Å². The van der Waals surface area contributed by atoms with Gasteiger partial charge in [0.1, 0.15) is 0 Å². The molecule has 2 aromatic carbocycles. The van der Waals surface area contributed by atoms with Crippen LogP contribution in [0.3, 0.4) is 0 Å². The third-order valence-electron chi connectivity index (χ3n) is 6.60. The largest absolute Gasteiger partial charge is 0.433 e. The lowest BCUT2D eigenvalue weighted by molar-refractivity contribution is -0.142. The maximum absolute atomic E-state index is 13.8. The number of benzene rings is 2. The number of rotatable bonds is 6. The van der Waals surface area contributed by atoms with E-state index in [4.69, 9.17) is 0 Å². The number of hydrogen-bond donors (Lipinski definition) is 1. The number of sulfonamides is 1. The number of hydrogen-bond acceptors (Lipinski definition) is 6. The fourth-order valence-corrected chi connectivity index (χ4v) is 6.90. The van der Waals surface area contributed by atoms with E-state index in [9.17, 15) is 26.4 Å². The summed E-state index contributed by atoms with van der Waals surface area (Å²) in [6.07, 6.45) is -1.31. The number of carbonyl (C=O) groups is 1. The lowest BCUT2D eigenvalue weighted by Crippen LogP contribution is -2.35. The predicted molar refractivity (Wildman–Crippen MR) is 138 cm³/mol. The predicted octanol–water partition coefficient (Wildman–Crippen LogP) is 5.17. The number of nitrogens with one attached hydrogen (secondary N) is 1. The number of aryl methyl sites for hydroxylation is 1. The zero-order valence-electron chi connectivity index (χ0n) is 20.3. The fourth-order valence-electron chi connectivity index (χ4n) is 4.74. The first-order chi connectivity index (χ1) is 18.1. The van der Waals surface area contributed by atoms with E-state index in [1.165, 1.54) is 28.6 Å². The average molecular weight is 563 g/mol. The second kappa shape index (κ2) is 10.7. The normalized spacial score (nSPS) is 16.0. The summed E-state index contributed by atoms with van der Waals surface area (Å²) in [4.78, 5) is 20.9. The lowest BCUT2D eigenvalue weighted by atomic mass is 9.88. The van der Waals surface area contributed by atoms with Crippen LogP contribution in [0.1, 0.15) is 36.1 Å². The van der Waals surface area contributed by atoms with E-state index in [2.05, 4.69) is 15.3 Å². The minimum absolute atomic E-state index is 0.0737. The highest BCUT2D eigenvalue weighted by Crippen LogP contribution is 2.40. The van der Waals surface area contributed by atoms with Crippen molar-refractivity contribution >= 4 is 33.4 Å². The molecule has 7 nitrogen and oxygen atoms in total. The van der Waals surface area contributed by atoms with Crippen LogP contribution in [0.2, 0.25) is 0 Å². The van der Waals surface area contributed by atoms with E-state index in [1.54, 1.807) is 12.1 Å². The molecular formula is C26H25F3N4O3S2. The van der Waals surface area contributed by atoms with Crippen molar-refractivity contribution in [2.45, 2.75) is 48.3 Å². The Morgan fingerprint density at radius 1 is 0.974 bits per heavy atom. The van der Waals surface area contributed by atoms with Crippen LogP contribution in [0.4, 0.5) is 18.9 Å². The van der Waals surface area contributed by atoms with E-state index in [0.717, 1.165) is 36.6 Å². The quantitative estimate of drug-likeness (QED) is 0.329. The molecule has 0 bridgehead atoms. The number of thioether (sulfide) groups is 1. The van der Waals surface area contributed by atoms with Crippen LogP contribution in [0, 0.1) is 0 Å². The SMILES string of the molecule is O=C(CSc1nc2c(c(C(F)(F)F)n1)CCc1ccccc1-2)Nc1ccc(S(=O)(=O)N2CCCCC2)cc1. The van der Waals surface area contributed by atoms with Gasteiger partial charge in [-0.15, -0.1) is 0 Å². The van der Waals surface area contributed by atoms with Gasteiger partial charge in [-0.05, 0) is 55.5 Å². The molecule has 1 aromatic heterocycles. The molecule has 0 saturated carbocycles. The van der Waals surface area contributed by atoms with Crippen LogP contribution in [0.5, 0.6) is 0 Å². The Morgan fingerprint density at radius 3 is 2.39 bits per heavy atom. The van der Waals surface area contributed by atoms with Gasteiger partial charge in [0.05, 0.1) is 16.3 Å². The van der Waals surface area contributed by atoms with E-state index < -0.39 is 27.8 Å². The van der Waals surface area contributed by atoms with E-state index in [0.29, 0.717) is 30.8 Å². The molecule has 0 spiro atoms. The van der Waals surface area contributed by atoms with Gasteiger partial charge in [0.15, 0.2) is 10.9 Å². The summed E-state index contributed by atoms with van der Waals surface area (Å²) in [5.41, 5.74) is 1.31. The van der Waals surface area contributed by atoms with Crippen molar-refractivity contribution in [3.8, 4) is 11.3 Å². The highest BCUT2D eigenvalue weighted by molar-refractivity contribution is 7.99. The first-order valence-electron chi connectivity index (χ1n) is 12.2. The van der Waals surface area contributed by atoms with Gasteiger partial charge in [0.2, 0.25) is 15.9 Å². The Hall–Kier alpha value is -2.96. The van der Waals surface area contributed by atoms with Gasteiger partial charge in [-0.1, -0.05) is 42.4 Å². The van der Waals surface area contributed by atoms with Gasteiger partial charge in [0.25, 0.3) is 0 Å². The number of amides is 1. The van der Waals surface area contributed by atoms with Gasteiger partial charge in [-0.2, -0.15) is 17.5 Å². The van der Waals surface area contributed by atoms with Gasteiger partial charge in [-0.3, -0.25) is 4.79 Å². The third kappa shape index (κ3) is 5.57. The Kier molecular flexibility index (Phi) is 7.47. The molecule has 2 aliphatic rings. The highest BCUT2D eigenvalue weighted by Gasteiger charge is 2.39. The molecule has 1 N–H and O–H groups in total. The zero-order chi connectivity index (χ0) is 26.9. The number of nitrogens with zero attached hydrogens (tertiary/aromatic N) is 3. The fraction of sp³-hybridized carbons (Fsp3) is 0.346. The summed E-state index contributed by atoms with van der Waals surface area (Å²) in [5, 5.41) is 2.51. The highest BCUT2D eigenvalue weighted by atomic mass is 32.2. The van der Waals surface area contributed by atoms with Crippen molar-refractivity contribution in [2.75, 3.05) is 24.2 Å². The molecule has 1 amide bonds. The van der Waals surface area contributed by atoms with Crippen molar-refractivity contribution in [2.24, 2.45) is 0 Å². The molecule has 2 heterocycles. The first-order valence-corrected chi connectivity index (χ1v) is 14.6. The maximum atomic E-state index is 13.8. The minimum Gasteiger partial charge on any atom is -0.325 e. The molecular weight excluding hydrogens is 537 g/mol. The zero-order valence-corrected chi connectivity index (χ0v) is 21.9. The van der Waals surface area contributed by atoms with Gasteiger partial charge in [-0.25, -0.2) is 18.4 Å². The second-order valence-electron chi connectivity index (χ2n) is 9.16. The van der Waals surface area contributed by atoms with Gasteiger partial charge < -0.3 is 5.32 Å². The van der Waals surface area contributed by atoms with Crippen molar-refractivity contribution in [1.82, 2.24) is 14.3 Å². The smallest absolute Gasteiger partial charge is 0.325 e. The number of carbonyl (C=O) groups excluding carboxylic acids is 1. The maximum Gasteiger partial charge on any atom is 0.433 e. The monoisotopic (exact) mass is 562 g/mol. The molecule has 0 atom stereocenters. The average Bonchev–Trinajstić information content (AvgIpc) is 2.91. The number of alkyl halides is 3. The number of piperidine rings is 1. The number of fused-ring (bicyclic) bond motifs is 3. The Balaban J connectivity index is 1.29. The van der Waals surface area contributed by atoms with Crippen LogP contribution < -0.4 is 5.32 Å². The summed E-state index contributed by atoms with van der Waals surface area (Å²) in [6.45, 7) is 0.981. The summed E-state index contributed by atoms with van der Waals surface area (Å²) < 4.78 is 68.5. The summed E-state index contributed by atoms with van der Waals surface area (Å²) in [5.74, 6) is -0.692. The van der Waals surface area contributed by atoms with Crippen LogP contribution in [0.15, 0.2) is 58.6 Å². The van der Waals surface area contributed by atoms with Gasteiger partial charge >= 0.3 is 6.18 Å². The number of anilines is 1. The number of aromatic nitrogens is 2. The van der Waals surface area contributed by atoms with Crippen molar-refractivity contribution in [3.05, 3.63) is 65.4 Å².